The van der Waals surface area contributed by atoms with Gasteiger partial charge in [0.1, 0.15) is 12.1 Å². The van der Waals surface area contributed by atoms with E-state index in [0.29, 0.717) is 0 Å². The number of nitrogens with two attached hydrogens (primary N) is 1. The summed E-state index contributed by atoms with van der Waals surface area (Å²) in [7, 11) is 0. The molecule has 0 fully saturated rings. The van der Waals surface area contributed by atoms with Crippen molar-refractivity contribution >= 4 is 29.6 Å². The SMILES string of the molecule is CC(NC(=O)C(C)NC(=O)CNC(=O)CNC(=O)CN)C(=O)O. The summed E-state index contributed by atoms with van der Waals surface area (Å²) in [5, 5.41) is 17.6. The largest absolute Gasteiger partial charge is 0.480 e. The van der Waals surface area contributed by atoms with Crippen LogP contribution in [0.1, 0.15) is 13.8 Å². The lowest BCUT2D eigenvalue weighted by atomic mass is 10.2. The molecule has 0 radical (unpaired) electrons. The van der Waals surface area contributed by atoms with E-state index in [1.54, 1.807) is 0 Å². The van der Waals surface area contributed by atoms with Crippen molar-refractivity contribution in [1.82, 2.24) is 21.3 Å². The molecule has 0 aliphatic carbocycles. The summed E-state index contributed by atoms with van der Waals surface area (Å²) in [6.45, 7) is 1.67. The number of nitrogens with one attached hydrogen (secondary N) is 4. The molecule has 2 atom stereocenters. The van der Waals surface area contributed by atoms with Gasteiger partial charge >= 0.3 is 5.97 Å². The van der Waals surface area contributed by atoms with Gasteiger partial charge in [0, 0.05) is 0 Å². The Labute approximate surface area is 132 Å². The van der Waals surface area contributed by atoms with E-state index in [9.17, 15) is 24.0 Å². The zero-order chi connectivity index (χ0) is 18.0. The van der Waals surface area contributed by atoms with Crippen LogP contribution in [0.15, 0.2) is 0 Å². The summed E-state index contributed by atoms with van der Waals surface area (Å²) >= 11 is 0. The molecular formula is C12H21N5O6. The molecule has 0 saturated heterocycles. The summed E-state index contributed by atoms with van der Waals surface area (Å²) in [5.74, 6) is -3.63. The molecule has 0 spiro atoms. The molecule has 23 heavy (non-hydrogen) atoms. The van der Waals surface area contributed by atoms with Crippen molar-refractivity contribution in [2.24, 2.45) is 5.73 Å². The van der Waals surface area contributed by atoms with Gasteiger partial charge < -0.3 is 32.1 Å². The van der Waals surface area contributed by atoms with E-state index in [0.717, 1.165) is 0 Å². The third kappa shape index (κ3) is 9.03. The van der Waals surface area contributed by atoms with E-state index in [4.69, 9.17) is 10.8 Å². The van der Waals surface area contributed by atoms with Crippen molar-refractivity contribution in [3.05, 3.63) is 0 Å². The van der Waals surface area contributed by atoms with Crippen molar-refractivity contribution in [2.75, 3.05) is 19.6 Å². The second-order valence-electron chi connectivity index (χ2n) is 4.62. The van der Waals surface area contributed by atoms with Gasteiger partial charge in [0.25, 0.3) is 0 Å². The number of carbonyl (C=O) groups excluding carboxylic acids is 4. The van der Waals surface area contributed by atoms with E-state index in [2.05, 4.69) is 21.3 Å². The lowest BCUT2D eigenvalue weighted by Gasteiger charge is -2.16. The molecular weight excluding hydrogens is 310 g/mol. The van der Waals surface area contributed by atoms with Crippen molar-refractivity contribution in [2.45, 2.75) is 25.9 Å². The molecule has 0 aromatic heterocycles. The van der Waals surface area contributed by atoms with Crippen LogP contribution >= 0.6 is 0 Å². The van der Waals surface area contributed by atoms with Crippen LogP contribution in [0.5, 0.6) is 0 Å². The third-order valence-corrected chi connectivity index (χ3v) is 2.58. The maximum atomic E-state index is 11.6. The monoisotopic (exact) mass is 331 g/mol. The number of aliphatic carboxylic acids is 1. The average molecular weight is 331 g/mol. The van der Waals surface area contributed by atoms with Gasteiger partial charge in [-0.25, -0.2) is 0 Å². The molecule has 7 N–H and O–H groups in total. The van der Waals surface area contributed by atoms with Gasteiger partial charge in [0.05, 0.1) is 19.6 Å². The number of hydrogen-bond acceptors (Lipinski definition) is 6. The van der Waals surface area contributed by atoms with Crippen LogP contribution in [0.3, 0.4) is 0 Å². The number of carboxylic acid groups (broad SMARTS) is 1. The minimum absolute atomic E-state index is 0.255. The van der Waals surface area contributed by atoms with E-state index in [-0.39, 0.29) is 13.1 Å². The first kappa shape index (κ1) is 20.3. The Morgan fingerprint density at radius 3 is 1.91 bits per heavy atom. The number of carbonyl (C=O) groups is 5. The molecule has 0 aliphatic heterocycles. The first-order valence-electron chi connectivity index (χ1n) is 6.73. The Balaban J connectivity index is 4.09. The summed E-state index contributed by atoms with van der Waals surface area (Å²) in [6.07, 6.45) is 0. The Morgan fingerprint density at radius 1 is 0.870 bits per heavy atom. The maximum absolute atomic E-state index is 11.6. The predicted molar refractivity (Wildman–Crippen MR) is 77.9 cm³/mol. The highest BCUT2D eigenvalue weighted by molar-refractivity contribution is 5.92. The second-order valence-corrected chi connectivity index (χ2v) is 4.62. The van der Waals surface area contributed by atoms with Gasteiger partial charge in [0.15, 0.2) is 0 Å². The molecule has 0 aromatic rings. The molecule has 0 aliphatic rings. The van der Waals surface area contributed by atoms with Crippen molar-refractivity contribution < 1.29 is 29.1 Å². The van der Waals surface area contributed by atoms with Crippen LogP contribution in [-0.4, -0.2) is 66.4 Å². The normalized spacial score (nSPS) is 12.5. The molecule has 0 rings (SSSR count). The molecule has 11 heteroatoms. The zero-order valence-electron chi connectivity index (χ0n) is 12.8. The number of carboxylic acids is 1. The fraction of sp³-hybridized carbons (Fsp3) is 0.583. The molecule has 2 unspecified atom stereocenters. The Morgan fingerprint density at radius 2 is 1.39 bits per heavy atom. The van der Waals surface area contributed by atoms with E-state index < -0.39 is 48.2 Å². The third-order valence-electron chi connectivity index (χ3n) is 2.58. The fourth-order valence-electron chi connectivity index (χ4n) is 1.25. The molecule has 0 heterocycles. The standard InChI is InChI=1S/C12H21N5O6/c1-6(11(21)17-7(2)12(22)23)16-10(20)5-15-9(19)4-14-8(18)3-13/h6-7H,3-5,13H2,1-2H3,(H,14,18)(H,15,19)(H,16,20)(H,17,21)(H,22,23). The van der Waals surface area contributed by atoms with Crippen LogP contribution in [-0.2, 0) is 24.0 Å². The summed E-state index contributed by atoms with van der Waals surface area (Å²) in [6, 6.07) is -2.06. The van der Waals surface area contributed by atoms with Gasteiger partial charge in [-0.05, 0) is 13.8 Å². The maximum Gasteiger partial charge on any atom is 0.325 e. The van der Waals surface area contributed by atoms with E-state index in [1.807, 2.05) is 0 Å². The van der Waals surface area contributed by atoms with Crippen LogP contribution < -0.4 is 27.0 Å². The number of rotatable bonds is 9. The Bertz CT molecular complexity index is 481. The lowest BCUT2D eigenvalue weighted by Crippen LogP contribution is -2.51. The van der Waals surface area contributed by atoms with E-state index in [1.165, 1.54) is 13.8 Å². The number of amides is 4. The van der Waals surface area contributed by atoms with Gasteiger partial charge in [-0.1, -0.05) is 0 Å². The highest BCUT2D eigenvalue weighted by Gasteiger charge is 2.20. The molecule has 130 valence electrons. The summed E-state index contributed by atoms with van der Waals surface area (Å²) < 4.78 is 0. The molecule has 0 aromatic carbocycles. The van der Waals surface area contributed by atoms with Gasteiger partial charge in [-0.3, -0.25) is 24.0 Å². The topological polar surface area (TPSA) is 180 Å². The summed E-state index contributed by atoms with van der Waals surface area (Å²) in [5.41, 5.74) is 5.03. The molecule has 4 amide bonds. The zero-order valence-corrected chi connectivity index (χ0v) is 12.8. The minimum Gasteiger partial charge on any atom is -0.480 e. The predicted octanol–water partition coefficient (Wildman–Crippen LogP) is -3.73. The first-order valence-corrected chi connectivity index (χ1v) is 6.73. The van der Waals surface area contributed by atoms with Crippen molar-refractivity contribution in [3.8, 4) is 0 Å². The average Bonchev–Trinajstić information content (AvgIpc) is 2.49. The Kier molecular flexibility index (Phi) is 8.92. The van der Waals surface area contributed by atoms with Crippen LogP contribution in [0.25, 0.3) is 0 Å². The molecule has 11 nitrogen and oxygen atoms in total. The smallest absolute Gasteiger partial charge is 0.325 e. The highest BCUT2D eigenvalue weighted by Crippen LogP contribution is 1.87. The lowest BCUT2D eigenvalue weighted by molar-refractivity contribution is -0.141. The minimum atomic E-state index is -1.20. The first-order chi connectivity index (χ1) is 10.7. The highest BCUT2D eigenvalue weighted by atomic mass is 16.4. The fourth-order valence-corrected chi connectivity index (χ4v) is 1.25. The van der Waals surface area contributed by atoms with Crippen LogP contribution in [0.2, 0.25) is 0 Å². The van der Waals surface area contributed by atoms with Gasteiger partial charge in [-0.2, -0.15) is 0 Å². The molecule has 0 bridgehead atoms. The molecule has 0 saturated carbocycles. The van der Waals surface area contributed by atoms with Gasteiger partial charge in [0.2, 0.25) is 23.6 Å². The van der Waals surface area contributed by atoms with Crippen LogP contribution in [0.4, 0.5) is 0 Å². The van der Waals surface area contributed by atoms with Crippen molar-refractivity contribution in [3.63, 3.8) is 0 Å². The quantitative estimate of drug-likeness (QED) is 0.251. The van der Waals surface area contributed by atoms with Gasteiger partial charge in [-0.15, -0.1) is 0 Å². The van der Waals surface area contributed by atoms with E-state index >= 15 is 0 Å². The van der Waals surface area contributed by atoms with Crippen LogP contribution in [0, 0.1) is 0 Å². The Hall–Kier alpha value is -2.69. The second kappa shape index (κ2) is 10.1. The summed E-state index contributed by atoms with van der Waals surface area (Å²) in [4.78, 5) is 55.9. The number of hydrogen-bond donors (Lipinski definition) is 6. The van der Waals surface area contributed by atoms with Crippen molar-refractivity contribution in [1.29, 1.82) is 0 Å².